The minimum atomic E-state index is -0.434. The van der Waals surface area contributed by atoms with E-state index in [1.54, 1.807) is 6.21 Å². The SMILES string of the molecule is Cc1cc(/C=N/NC(=O)c2ccc(O)c(Cl)c2)cc(Br)c1OCCN1CCN(c2ccc(Cl)c(Cl)c2)CC1. The van der Waals surface area contributed by atoms with Crippen LogP contribution in [0.2, 0.25) is 15.1 Å². The third kappa shape index (κ3) is 7.33. The van der Waals surface area contributed by atoms with Crippen LogP contribution in [-0.4, -0.2) is 61.5 Å². The van der Waals surface area contributed by atoms with Crippen molar-refractivity contribution in [3.63, 3.8) is 0 Å². The van der Waals surface area contributed by atoms with Gasteiger partial charge in [0.25, 0.3) is 5.91 Å². The molecule has 0 saturated carbocycles. The van der Waals surface area contributed by atoms with E-state index in [-0.39, 0.29) is 10.8 Å². The predicted molar refractivity (Wildman–Crippen MR) is 158 cm³/mol. The van der Waals surface area contributed by atoms with Crippen molar-refractivity contribution in [1.29, 1.82) is 0 Å². The normalized spacial score (nSPS) is 14.2. The molecule has 0 bridgehead atoms. The van der Waals surface area contributed by atoms with Gasteiger partial charge in [0.05, 0.1) is 25.8 Å². The average molecular weight is 641 g/mol. The number of hydrogen-bond donors (Lipinski definition) is 2. The number of carbonyl (C=O) groups is 1. The van der Waals surface area contributed by atoms with Crippen LogP contribution in [0.5, 0.6) is 11.5 Å². The van der Waals surface area contributed by atoms with Gasteiger partial charge in [-0.05, 0) is 82.5 Å². The van der Waals surface area contributed by atoms with E-state index in [1.165, 1.54) is 18.2 Å². The number of anilines is 1. The van der Waals surface area contributed by atoms with E-state index in [9.17, 15) is 9.90 Å². The number of hydrazone groups is 1. The number of phenols is 1. The Morgan fingerprint density at radius 1 is 1.05 bits per heavy atom. The fourth-order valence-corrected chi connectivity index (χ4v) is 5.25. The van der Waals surface area contributed by atoms with Crippen LogP contribution in [0.3, 0.4) is 0 Å². The van der Waals surface area contributed by atoms with Gasteiger partial charge in [-0.1, -0.05) is 34.8 Å². The molecule has 7 nitrogen and oxygen atoms in total. The predicted octanol–water partition coefficient (Wildman–Crippen LogP) is 6.39. The molecule has 0 spiro atoms. The lowest BCUT2D eigenvalue weighted by molar-refractivity contribution is 0.0955. The molecule has 1 aliphatic heterocycles. The number of rotatable bonds is 8. The minimum Gasteiger partial charge on any atom is -0.506 e. The maximum absolute atomic E-state index is 12.2. The standard InChI is InChI=1S/C27H26BrCl3N4O3/c1-17-12-18(16-32-33-27(37)19-2-5-25(36)24(31)14-19)13-21(28)26(17)38-11-10-34-6-8-35(9-7-34)20-3-4-22(29)23(30)15-20/h2-5,12-16,36H,6-11H2,1H3,(H,33,37)/b32-16+. The fraction of sp³-hybridized carbons (Fsp3) is 0.259. The highest BCUT2D eigenvalue weighted by molar-refractivity contribution is 9.10. The first-order chi connectivity index (χ1) is 18.2. The third-order valence-electron chi connectivity index (χ3n) is 6.14. The van der Waals surface area contributed by atoms with Crippen molar-refractivity contribution < 1.29 is 14.6 Å². The zero-order valence-electron chi connectivity index (χ0n) is 20.6. The van der Waals surface area contributed by atoms with Crippen molar-refractivity contribution in [2.45, 2.75) is 6.92 Å². The molecular formula is C27H26BrCl3N4O3. The molecule has 38 heavy (non-hydrogen) atoms. The fourth-order valence-electron chi connectivity index (χ4n) is 4.08. The van der Waals surface area contributed by atoms with Crippen LogP contribution in [0.1, 0.15) is 21.5 Å². The number of nitrogens with one attached hydrogen (secondary N) is 1. The second-order valence-corrected chi connectivity index (χ2v) is 10.9. The van der Waals surface area contributed by atoms with Gasteiger partial charge in [-0.3, -0.25) is 9.69 Å². The van der Waals surface area contributed by atoms with E-state index in [2.05, 4.69) is 36.3 Å². The summed E-state index contributed by atoms with van der Waals surface area (Å²) in [6.45, 7) is 7.02. The van der Waals surface area contributed by atoms with Crippen molar-refractivity contribution in [3.05, 3.63) is 84.8 Å². The van der Waals surface area contributed by atoms with E-state index >= 15 is 0 Å². The number of aromatic hydroxyl groups is 1. The lowest BCUT2D eigenvalue weighted by Crippen LogP contribution is -2.47. The van der Waals surface area contributed by atoms with Gasteiger partial charge in [0.2, 0.25) is 0 Å². The summed E-state index contributed by atoms with van der Waals surface area (Å²) in [5.41, 5.74) is 5.58. The molecular weight excluding hydrogens is 615 g/mol. The summed E-state index contributed by atoms with van der Waals surface area (Å²) in [5.74, 6) is 0.257. The molecule has 1 amide bonds. The second-order valence-electron chi connectivity index (χ2n) is 8.79. The molecule has 0 radical (unpaired) electrons. The van der Waals surface area contributed by atoms with Crippen molar-refractivity contribution in [1.82, 2.24) is 10.3 Å². The Balaban J connectivity index is 1.25. The lowest BCUT2D eigenvalue weighted by Gasteiger charge is -2.36. The van der Waals surface area contributed by atoms with Gasteiger partial charge >= 0.3 is 0 Å². The largest absolute Gasteiger partial charge is 0.506 e. The van der Waals surface area contributed by atoms with Gasteiger partial charge < -0.3 is 14.7 Å². The lowest BCUT2D eigenvalue weighted by atomic mass is 10.1. The zero-order chi connectivity index (χ0) is 27.2. The van der Waals surface area contributed by atoms with E-state index in [4.69, 9.17) is 39.5 Å². The van der Waals surface area contributed by atoms with Gasteiger partial charge in [0, 0.05) is 44.0 Å². The third-order valence-corrected chi connectivity index (χ3v) is 7.77. The first-order valence-electron chi connectivity index (χ1n) is 11.9. The van der Waals surface area contributed by atoms with Crippen LogP contribution in [0.15, 0.2) is 58.1 Å². The Morgan fingerprint density at radius 2 is 1.82 bits per heavy atom. The van der Waals surface area contributed by atoms with Crippen molar-refractivity contribution in [3.8, 4) is 11.5 Å². The van der Waals surface area contributed by atoms with Crippen LogP contribution in [0, 0.1) is 6.92 Å². The van der Waals surface area contributed by atoms with Crippen LogP contribution >= 0.6 is 50.7 Å². The Labute approximate surface area is 245 Å². The van der Waals surface area contributed by atoms with E-state index in [0.717, 1.165) is 59.8 Å². The number of amides is 1. The molecule has 1 fully saturated rings. The quantitative estimate of drug-likeness (QED) is 0.221. The first-order valence-corrected chi connectivity index (χ1v) is 13.8. The van der Waals surface area contributed by atoms with E-state index in [1.807, 2.05) is 37.3 Å². The van der Waals surface area contributed by atoms with Crippen LogP contribution < -0.4 is 15.1 Å². The van der Waals surface area contributed by atoms with Crippen LogP contribution in [-0.2, 0) is 0 Å². The molecule has 1 saturated heterocycles. The molecule has 4 rings (SSSR count). The highest BCUT2D eigenvalue weighted by Gasteiger charge is 2.18. The van der Waals surface area contributed by atoms with Gasteiger partial charge in [-0.2, -0.15) is 5.10 Å². The highest BCUT2D eigenvalue weighted by Crippen LogP contribution is 2.31. The molecule has 11 heteroatoms. The number of halogens is 4. The molecule has 3 aromatic carbocycles. The maximum Gasteiger partial charge on any atom is 0.271 e. The maximum atomic E-state index is 12.2. The van der Waals surface area contributed by atoms with Gasteiger partial charge in [0.1, 0.15) is 18.1 Å². The Hall–Kier alpha value is -2.49. The number of benzene rings is 3. The number of piperazine rings is 1. The molecule has 1 aliphatic rings. The summed E-state index contributed by atoms with van der Waals surface area (Å²) in [4.78, 5) is 16.9. The van der Waals surface area contributed by atoms with Gasteiger partial charge in [-0.25, -0.2) is 5.43 Å². The zero-order valence-corrected chi connectivity index (χ0v) is 24.4. The molecule has 1 heterocycles. The number of carbonyl (C=O) groups excluding carboxylic acids is 1. The summed E-state index contributed by atoms with van der Waals surface area (Å²) < 4.78 is 6.91. The average Bonchev–Trinajstić information content (AvgIpc) is 2.89. The van der Waals surface area contributed by atoms with Crippen molar-refractivity contribution >= 4 is 68.5 Å². The molecule has 0 aliphatic carbocycles. The smallest absolute Gasteiger partial charge is 0.271 e. The summed E-state index contributed by atoms with van der Waals surface area (Å²) in [5, 5.41) is 14.8. The molecule has 0 unspecified atom stereocenters. The van der Waals surface area contributed by atoms with Crippen molar-refractivity contribution in [2.75, 3.05) is 44.2 Å². The topological polar surface area (TPSA) is 77.4 Å². The van der Waals surface area contributed by atoms with Crippen LogP contribution in [0.4, 0.5) is 5.69 Å². The summed E-state index contributed by atoms with van der Waals surface area (Å²) in [7, 11) is 0. The molecule has 0 atom stereocenters. The van der Waals surface area contributed by atoms with E-state index in [0.29, 0.717) is 22.2 Å². The Kier molecular flexibility index (Phi) is 9.79. The van der Waals surface area contributed by atoms with Crippen LogP contribution in [0.25, 0.3) is 0 Å². The van der Waals surface area contributed by atoms with Gasteiger partial charge in [-0.15, -0.1) is 0 Å². The number of phenolic OH excluding ortho intramolecular Hbond substituents is 1. The van der Waals surface area contributed by atoms with Crippen molar-refractivity contribution in [2.24, 2.45) is 5.10 Å². The summed E-state index contributed by atoms with van der Waals surface area (Å²) >= 11 is 21.7. The number of ether oxygens (including phenoxy) is 1. The molecule has 3 aromatic rings. The van der Waals surface area contributed by atoms with E-state index < -0.39 is 5.91 Å². The Morgan fingerprint density at radius 3 is 2.50 bits per heavy atom. The molecule has 2 N–H and O–H groups in total. The molecule has 0 aromatic heterocycles. The minimum absolute atomic E-state index is 0.0863. The first kappa shape index (κ1) is 28.5. The summed E-state index contributed by atoms with van der Waals surface area (Å²) in [6, 6.07) is 13.8. The second kappa shape index (κ2) is 13.0. The molecule has 200 valence electrons. The van der Waals surface area contributed by atoms with Gasteiger partial charge in [0.15, 0.2) is 0 Å². The summed E-state index contributed by atoms with van der Waals surface area (Å²) in [6.07, 6.45) is 1.55. The monoisotopic (exact) mass is 638 g/mol. The number of nitrogens with zero attached hydrogens (tertiary/aromatic N) is 3. The number of aryl methyl sites for hydroxylation is 1. The number of hydrogen-bond acceptors (Lipinski definition) is 6. The highest BCUT2D eigenvalue weighted by atomic mass is 79.9. The Bertz CT molecular complexity index is 1320.